The Morgan fingerprint density at radius 3 is 2.67 bits per heavy atom. The van der Waals surface area contributed by atoms with Gasteiger partial charge in [-0.3, -0.25) is 28.0 Å². The van der Waals surface area contributed by atoms with Gasteiger partial charge >= 0.3 is 13.5 Å². The minimum atomic E-state index is -4.84. The van der Waals surface area contributed by atoms with Crippen LogP contribution in [-0.4, -0.2) is 103 Å². The summed E-state index contributed by atoms with van der Waals surface area (Å²) in [5.41, 5.74) is 7.81. The number of ether oxygens (including phenoxy) is 5. The molecule has 43 heavy (non-hydrogen) atoms. The van der Waals surface area contributed by atoms with Gasteiger partial charge in [-0.1, -0.05) is 0 Å². The van der Waals surface area contributed by atoms with Crippen LogP contribution in [0.5, 0.6) is 0 Å². The van der Waals surface area contributed by atoms with Crippen LogP contribution in [0.15, 0.2) is 28.3 Å². The fourth-order valence-electron chi connectivity index (χ4n) is 5.35. The largest absolute Gasteiger partial charge is 0.472 e. The van der Waals surface area contributed by atoms with E-state index in [1.807, 2.05) is 0 Å². The standard InChI is InChI=1S/C22H28N9O11P/c1-36-5-10-13(14(37-2)17(40-10)31-9-26-18(23)29-20(31)33)42-43(34,35)39-7-22-6-21(22,38-3)4-11(41-22)30-8-25-12-15(30)27-19(24)28-16(12)32/h4,8-10,13-14,17H,5-7H2,1-3H3,(H,34,35)(H2,23,29,33)(H3,24,27,28,32)/t10-,13?,14?,17-,21?,22?/m1/s1. The number of rotatable bonds is 11. The number of anilines is 2. The third kappa shape index (κ3) is 4.90. The number of phosphoric ester groups is 1. The van der Waals surface area contributed by atoms with Gasteiger partial charge < -0.3 is 40.0 Å². The number of aromatic nitrogens is 7. The molecule has 0 bridgehead atoms. The predicted octanol–water partition coefficient (Wildman–Crippen LogP) is -1.65. The number of phosphoric acid groups is 1. The molecule has 20 nitrogen and oxygen atoms in total. The second kappa shape index (κ2) is 10.5. The molecule has 0 spiro atoms. The highest BCUT2D eigenvalue weighted by molar-refractivity contribution is 7.47. The molecule has 5 heterocycles. The molecule has 3 aromatic rings. The molecule has 5 unspecified atom stereocenters. The summed E-state index contributed by atoms with van der Waals surface area (Å²) in [6.45, 7) is -0.523. The Kier molecular flexibility index (Phi) is 7.13. The van der Waals surface area contributed by atoms with E-state index < -0.39 is 61.4 Å². The average molecular weight is 625 g/mol. The van der Waals surface area contributed by atoms with Crippen LogP contribution in [0.1, 0.15) is 12.6 Å². The van der Waals surface area contributed by atoms with E-state index in [1.54, 1.807) is 6.08 Å². The fraction of sp³-hybridized carbons (Fsp3) is 0.545. The SMILES string of the molecule is COC[C@H]1O[C@@H](n2cnc(N)nc2=O)C(OC)C1OP(=O)(O)OCC12CC1(OC)C=C(n1cnc3c(=O)[nH]c(N)nc31)O2. The van der Waals surface area contributed by atoms with E-state index in [9.17, 15) is 19.0 Å². The normalized spacial score (nSPS) is 31.0. The van der Waals surface area contributed by atoms with Gasteiger partial charge in [-0.05, 0) is 0 Å². The van der Waals surface area contributed by atoms with Gasteiger partial charge in [0.25, 0.3) is 5.56 Å². The van der Waals surface area contributed by atoms with Gasteiger partial charge in [-0.15, -0.1) is 0 Å². The molecule has 1 aliphatic carbocycles. The lowest BCUT2D eigenvalue weighted by Crippen LogP contribution is -2.39. The van der Waals surface area contributed by atoms with E-state index in [0.29, 0.717) is 0 Å². The molecule has 3 aliphatic rings. The molecule has 1 saturated heterocycles. The van der Waals surface area contributed by atoms with Crippen molar-refractivity contribution in [1.82, 2.24) is 34.1 Å². The van der Waals surface area contributed by atoms with Gasteiger partial charge in [0.2, 0.25) is 11.9 Å². The van der Waals surface area contributed by atoms with Crippen LogP contribution in [0.3, 0.4) is 0 Å². The summed E-state index contributed by atoms with van der Waals surface area (Å²) in [6, 6.07) is 0. The number of nitrogens with one attached hydrogen (secondary N) is 1. The number of H-pyrrole nitrogens is 1. The lowest BCUT2D eigenvalue weighted by molar-refractivity contribution is -0.0673. The van der Waals surface area contributed by atoms with E-state index >= 15 is 0 Å². The lowest BCUT2D eigenvalue weighted by atomic mass is 10.1. The van der Waals surface area contributed by atoms with E-state index in [-0.39, 0.29) is 42.0 Å². The molecular weight excluding hydrogens is 597 g/mol. The summed E-state index contributed by atoms with van der Waals surface area (Å²) in [7, 11) is -0.686. The van der Waals surface area contributed by atoms with Gasteiger partial charge in [-0.25, -0.2) is 19.3 Å². The summed E-state index contributed by atoms with van der Waals surface area (Å²) in [4.78, 5) is 53.4. The minimum Gasteiger partial charge on any atom is -0.466 e. The summed E-state index contributed by atoms with van der Waals surface area (Å²) < 4.78 is 55.0. The van der Waals surface area contributed by atoms with E-state index in [2.05, 4.69) is 24.9 Å². The summed E-state index contributed by atoms with van der Waals surface area (Å²) in [6.07, 6.45) is -0.0540. The molecule has 0 aromatic carbocycles. The van der Waals surface area contributed by atoms with Crippen molar-refractivity contribution in [3.63, 3.8) is 0 Å². The molecule has 2 fully saturated rings. The van der Waals surface area contributed by atoms with Crippen LogP contribution >= 0.6 is 7.82 Å². The Bertz CT molecular complexity index is 1760. The highest BCUT2D eigenvalue weighted by Gasteiger charge is 2.75. The van der Waals surface area contributed by atoms with Crippen LogP contribution in [0.25, 0.3) is 17.0 Å². The first-order valence-corrected chi connectivity index (χ1v) is 14.2. The molecule has 0 radical (unpaired) electrons. The first kappa shape index (κ1) is 29.3. The van der Waals surface area contributed by atoms with Crippen LogP contribution < -0.4 is 22.7 Å². The van der Waals surface area contributed by atoms with Gasteiger partial charge in [0, 0.05) is 33.8 Å². The maximum absolute atomic E-state index is 13.3. The summed E-state index contributed by atoms with van der Waals surface area (Å²) in [5.74, 6) is -0.154. The van der Waals surface area contributed by atoms with Crippen LogP contribution in [-0.2, 0) is 37.3 Å². The van der Waals surface area contributed by atoms with Gasteiger partial charge in [0.1, 0.15) is 43.2 Å². The van der Waals surface area contributed by atoms with Crippen LogP contribution in [0, 0.1) is 0 Å². The number of methoxy groups -OCH3 is 3. The zero-order valence-corrected chi connectivity index (χ0v) is 23.9. The summed E-state index contributed by atoms with van der Waals surface area (Å²) in [5, 5.41) is 0. The van der Waals surface area contributed by atoms with Crippen molar-refractivity contribution >= 4 is 36.8 Å². The Labute approximate surface area is 241 Å². The van der Waals surface area contributed by atoms with E-state index in [4.69, 9.17) is 44.2 Å². The monoisotopic (exact) mass is 625 g/mol. The molecule has 7 atom stereocenters. The second-order valence-electron chi connectivity index (χ2n) is 10.0. The maximum atomic E-state index is 13.3. The van der Waals surface area contributed by atoms with Gasteiger partial charge in [0.15, 0.2) is 28.9 Å². The Balaban J connectivity index is 1.19. The molecule has 6 N–H and O–H groups in total. The first-order chi connectivity index (χ1) is 20.4. The molecule has 6 rings (SSSR count). The van der Waals surface area contributed by atoms with Crippen molar-refractivity contribution in [2.75, 3.05) is 46.0 Å². The van der Waals surface area contributed by atoms with Crippen LogP contribution in [0.4, 0.5) is 11.9 Å². The van der Waals surface area contributed by atoms with Crippen LogP contribution in [0.2, 0.25) is 0 Å². The van der Waals surface area contributed by atoms with Crippen molar-refractivity contribution in [2.24, 2.45) is 0 Å². The number of hydrogen-bond acceptors (Lipinski definition) is 16. The van der Waals surface area contributed by atoms with Gasteiger partial charge in [-0.2, -0.15) is 9.97 Å². The lowest BCUT2D eigenvalue weighted by Gasteiger charge is -2.26. The zero-order chi connectivity index (χ0) is 30.7. The van der Waals surface area contributed by atoms with Gasteiger partial charge in [0.05, 0.1) is 6.61 Å². The Morgan fingerprint density at radius 2 is 1.98 bits per heavy atom. The highest BCUT2D eigenvalue weighted by Crippen LogP contribution is 2.63. The van der Waals surface area contributed by atoms with Crippen molar-refractivity contribution < 1.29 is 42.2 Å². The number of fused-ring (bicyclic) bond motifs is 2. The van der Waals surface area contributed by atoms with Crippen molar-refractivity contribution in [1.29, 1.82) is 0 Å². The van der Waals surface area contributed by atoms with Crippen molar-refractivity contribution in [2.45, 2.75) is 42.2 Å². The van der Waals surface area contributed by atoms with Crippen molar-refractivity contribution in [3.8, 4) is 0 Å². The second-order valence-corrected chi connectivity index (χ2v) is 11.4. The summed E-state index contributed by atoms with van der Waals surface area (Å²) >= 11 is 0. The number of hydrogen-bond donors (Lipinski definition) is 4. The topological polar surface area (TPSA) is 265 Å². The third-order valence-corrected chi connectivity index (χ3v) is 8.47. The minimum absolute atomic E-state index is 0.0347. The molecule has 1 saturated carbocycles. The number of imidazole rings is 1. The zero-order valence-electron chi connectivity index (χ0n) is 23.0. The number of nitrogens with two attached hydrogens (primary N) is 2. The van der Waals surface area contributed by atoms with E-state index in [1.165, 1.54) is 32.2 Å². The Hall–Kier alpha value is -3.75. The smallest absolute Gasteiger partial charge is 0.466 e. The molecule has 21 heteroatoms. The fourth-order valence-corrected chi connectivity index (χ4v) is 6.34. The predicted molar refractivity (Wildman–Crippen MR) is 143 cm³/mol. The number of nitrogen functional groups attached to an aromatic ring is 2. The molecule has 0 amide bonds. The highest BCUT2D eigenvalue weighted by atomic mass is 31.2. The first-order valence-electron chi connectivity index (χ1n) is 12.7. The molecule has 232 valence electrons. The maximum Gasteiger partial charge on any atom is 0.472 e. The van der Waals surface area contributed by atoms with E-state index in [0.717, 1.165) is 10.9 Å². The molecule has 2 aliphatic heterocycles. The molecule has 3 aromatic heterocycles. The Morgan fingerprint density at radius 1 is 1.19 bits per heavy atom. The third-order valence-electron chi connectivity index (χ3n) is 7.50. The molecular formula is C22H28N9O11P. The number of nitrogens with zero attached hydrogens (tertiary/aromatic N) is 6. The number of aromatic amines is 1. The quantitative estimate of drug-likeness (QED) is 0.174. The average Bonchev–Trinajstić information content (AvgIpc) is 3.24. The van der Waals surface area contributed by atoms with Crippen molar-refractivity contribution in [3.05, 3.63) is 39.6 Å².